The summed E-state index contributed by atoms with van der Waals surface area (Å²) in [6.45, 7) is 11.8. The molecule has 0 aliphatic rings. The standard InChI is InChI=1S/C7H9NO.2C2H6.CH4/c1-5-3-6(2)8-7(9)4-5;2*1-2;/h3-4H,1-2H3,(H,8,9);2*1-2H3;1H4. The highest BCUT2D eigenvalue weighted by Gasteiger charge is 1.86. The van der Waals surface area contributed by atoms with Gasteiger partial charge in [-0.25, -0.2) is 0 Å². The zero-order valence-corrected chi connectivity index (χ0v) is 9.56. The van der Waals surface area contributed by atoms with Crippen LogP contribution >= 0.6 is 0 Å². The lowest BCUT2D eigenvalue weighted by atomic mass is 10.2. The van der Waals surface area contributed by atoms with Crippen LogP contribution in [-0.4, -0.2) is 4.98 Å². The van der Waals surface area contributed by atoms with Crippen molar-refractivity contribution in [1.82, 2.24) is 4.98 Å². The Hall–Kier alpha value is -1.05. The molecule has 0 atom stereocenters. The van der Waals surface area contributed by atoms with Crippen LogP contribution in [0.2, 0.25) is 0 Å². The van der Waals surface area contributed by atoms with Gasteiger partial charge in [-0.15, -0.1) is 0 Å². The second-order valence-corrected chi connectivity index (χ2v) is 2.20. The van der Waals surface area contributed by atoms with Crippen molar-refractivity contribution in [2.24, 2.45) is 0 Å². The molecule has 0 fully saturated rings. The Kier molecular flexibility index (Phi) is 15.9. The summed E-state index contributed by atoms with van der Waals surface area (Å²) in [5.74, 6) is 0. The van der Waals surface area contributed by atoms with Crippen LogP contribution in [0.25, 0.3) is 0 Å². The minimum atomic E-state index is -0.0208. The van der Waals surface area contributed by atoms with E-state index in [2.05, 4.69) is 4.98 Å². The molecule has 0 spiro atoms. The van der Waals surface area contributed by atoms with Crippen molar-refractivity contribution in [3.05, 3.63) is 33.7 Å². The molecule has 0 aliphatic heterocycles. The number of nitrogens with one attached hydrogen (secondary N) is 1. The Labute approximate surface area is 88.4 Å². The quantitative estimate of drug-likeness (QED) is 0.679. The van der Waals surface area contributed by atoms with Crippen LogP contribution in [-0.2, 0) is 0 Å². The number of aryl methyl sites for hydroxylation is 2. The summed E-state index contributed by atoms with van der Waals surface area (Å²) in [6, 6.07) is 3.51. The fourth-order valence-electron chi connectivity index (χ4n) is 0.856. The lowest BCUT2D eigenvalue weighted by molar-refractivity contribution is 1.12. The van der Waals surface area contributed by atoms with E-state index < -0.39 is 0 Å². The van der Waals surface area contributed by atoms with Crippen LogP contribution in [0.1, 0.15) is 46.4 Å². The third-order valence-electron chi connectivity index (χ3n) is 1.12. The van der Waals surface area contributed by atoms with E-state index in [1.54, 1.807) is 6.07 Å². The van der Waals surface area contributed by atoms with Gasteiger partial charge < -0.3 is 4.98 Å². The first kappa shape index (κ1) is 18.7. The first-order valence-electron chi connectivity index (χ1n) is 4.86. The van der Waals surface area contributed by atoms with Crippen molar-refractivity contribution >= 4 is 0 Å². The summed E-state index contributed by atoms with van der Waals surface area (Å²) in [7, 11) is 0. The fourth-order valence-corrected chi connectivity index (χ4v) is 0.856. The van der Waals surface area contributed by atoms with E-state index in [0.717, 1.165) is 11.3 Å². The van der Waals surface area contributed by atoms with E-state index in [4.69, 9.17) is 0 Å². The monoisotopic (exact) mass is 199 g/mol. The molecule has 2 nitrogen and oxygen atoms in total. The van der Waals surface area contributed by atoms with Gasteiger partial charge in [0.15, 0.2) is 0 Å². The van der Waals surface area contributed by atoms with Crippen LogP contribution in [0, 0.1) is 13.8 Å². The molecule has 1 aromatic heterocycles. The van der Waals surface area contributed by atoms with Gasteiger partial charge in [0, 0.05) is 11.8 Å². The number of aromatic amines is 1. The Balaban J connectivity index is -0.000000216. The molecule has 0 bridgehead atoms. The number of hydrogen-bond donors (Lipinski definition) is 1. The van der Waals surface area contributed by atoms with Crippen molar-refractivity contribution in [3.63, 3.8) is 0 Å². The summed E-state index contributed by atoms with van der Waals surface area (Å²) in [4.78, 5) is 13.3. The Morgan fingerprint density at radius 2 is 1.43 bits per heavy atom. The minimum Gasteiger partial charge on any atom is -0.327 e. The molecule has 1 N–H and O–H groups in total. The van der Waals surface area contributed by atoms with Gasteiger partial charge in [-0.3, -0.25) is 4.79 Å². The summed E-state index contributed by atoms with van der Waals surface area (Å²) >= 11 is 0. The van der Waals surface area contributed by atoms with Gasteiger partial charge in [0.1, 0.15) is 0 Å². The normalized spacial score (nSPS) is 7.00. The van der Waals surface area contributed by atoms with Gasteiger partial charge in [-0.05, 0) is 25.5 Å². The Morgan fingerprint density at radius 3 is 1.71 bits per heavy atom. The molecule has 0 radical (unpaired) electrons. The van der Waals surface area contributed by atoms with E-state index in [1.165, 1.54) is 0 Å². The summed E-state index contributed by atoms with van der Waals surface area (Å²) < 4.78 is 0. The van der Waals surface area contributed by atoms with Crippen LogP contribution in [0.15, 0.2) is 16.9 Å². The SMILES string of the molecule is C.CC.CC.Cc1cc(C)[nH]c(=O)c1. The smallest absolute Gasteiger partial charge is 0.248 e. The number of hydrogen-bond acceptors (Lipinski definition) is 1. The molecule has 0 amide bonds. The molecule has 14 heavy (non-hydrogen) atoms. The maximum absolute atomic E-state index is 10.7. The van der Waals surface area contributed by atoms with E-state index in [9.17, 15) is 4.79 Å². The van der Waals surface area contributed by atoms with Gasteiger partial charge in [0.05, 0.1) is 0 Å². The molecule has 0 aromatic carbocycles. The van der Waals surface area contributed by atoms with Crippen molar-refractivity contribution in [1.29, 1.82) is 0 Å². The van der Waals surface area contributed by atoms with Crippen LogP contribution < -0.4 is 5.56 Å². The number of rotatable bonds is 0. The maximum atomic E-state index is 10.7. The predicted octanol–water partition coefficient (Wildman–Crippen LogP) is 3.68. The highest BCUT2D eigenvalue weighted by atomic mass is 16.1. The van der Waals surface area contributed by atoms with Gasteiger partial charge in [0.2, 0.25) is 5.56 Å². The van der Waals surface area contributed by atoms with Crippen LogP contribution in [0.3, 0.4) is 0 Å². The number of aromatic nitrogens is 1. The second kappa shape index (κ2) is 11.9. The van der Waals surface area contributed by atoms with Crippen molar-refractivity contribution < 1.29 is 0 Å². The molecule has 1 aromatic rings. The third-order valence-corrected chi connectivity index (χ3v) is 1.12. The lowest BCUT2D eigenvalue weighted by Crippen LogP contribution is -2.05. The Morgan fingerprint density at radius 1 is 1.00 bits per heavy atom. The topological polar surface area (TPSA) is 32.9 Å². The summed E-state index contributed by atoms with van der Waals surface area (Å²) in [6.07, 6.45) is 0. The largest absolute Gasteiger partial charge is 0.327 e. The number of H-pyrrole nitrogens is 1. The minimum absolute atomic E-state index is 0. The molecular formula is C12H25NO. The van der Waals surface area contributed by atoms with E-state index in [1.807, 2.05) is 47.6 Å². The first-order chi connectivity index (χ1) is 6.18. The fraction of sp³-hybridized carbons (Fsp3) is 0.583. The van der Waals surface area contributed by atoms with Gasteiger partial charge in [-0.2, -0.15) is 0 Å². The number of pyridine rings is 1. The zero-order chi connectivity index (χ0) is 10.9. The predicted molar refractivity (Wildman–Crippen MR) is 66.0 cm³/mol. The first-order valence-corrected chi connectivity index (χ1v) is 4.86. The average molecular weight is 199 g/mol. The molecule has 0 saturated heterocycles. The lowest BCUT2D eigenvalue weighted by Gasteiger charge is -1.91. The molecule has 1 heterocycles. The molecule has 2 heteroatoms. The molecule has 0 unspecified atom stereocenters. The van der Waals surface area contributed by atoms with Crippen molar-refractivity contribution in [2.45, 2.75) is 49.0 Å². The van der Waals surface area contributed by atoms with Crippen molar-refractivity contribution in [2.75, 3.05) is 0 Å². The summed E-state index contributed by atoms with van der Waals surface area (Å²) in [5.41, 5.74) is 1.91. The Bertz CT molecular complexity index is 240. The maximum Gasteiger partial charge on any atom is 0.248 e. The average Bonchev–Trinajstić information content (AvgIpc) is 2.09. The summed E-state index contributed by atoms with van der Waals surface area (Å²) in [5, 5.41) is 0. The van der Waals surface area contributed by atoms with Gasteiger partial charge in [0.25, 0.3) is 0 Å². The van der Waals surface area contributed by atoms with Gasteiger partial charge in [-0.1, -0.05) is 35.1 Å². The second-order valence-electron chi connectivity index (χ2n) is 2.20. The van der Waals surface area contributed by atoms with E-state index in [-0.39, 0.29) is 13.0 Å². The molecule has 0 aliphatic carbocycles. The molecule has 84 valence electrons. The van der Waals surface area contributed by atoms with E-state index in [0.29, 0.717) is 0 Å². The highest BCUT2D eigenvalue weighted by molar-refractivity contribution is 5.12. The zero-order valence-electron chi connectivity index (χ0n) is 9.56. The van der Waals surface area contributed by atoms with Crippen molar-refractivity contribution in [3.8, 4) is 0 Å². The molecule has 0 saturated carbocycles. The molecule has 1 rings (SSSR count). The van der Waals surface area contributed by atoms with Crippen LogP contribution in [0.5, 0.6) is 0 Å². The third kappa shape index (κ3) is 9.04. The van der Waals surface area contributed by atoms with Crippen LogP contribution in [0.4, 0.5) is 0 Å². The highest BCUT2D eigenvalue weighted by Crippen LogP contribution is 1.92. The van der Waals surface area contributed by atoms with Gasteiger partial charge >= 0.3 is 0 Å². The van der Waals surface area contributed by atoms with E-state index >= 15 is 0 Å². The molecular weight excluding hydrogens is 174 g/mol.